The number of rotatable bonds is 4. The molecule has 18 heavy (non-hydrogen) atoms. The minimum absolute atomic E-state index is 0.422. The lowest BCUT2D eigenvalue weighted by molar-refractivity contribution is 0.211. The highest BCUT2D eigenvalue weighted by Crippen LogP contribution is 2.48. The topological polar surface area (TPSA) is 57.7 Å². The van der Waals surface area contributed by atoms with Crippen molar-refractivity contribution in [1.82, 2.24) is 4.98 Å². The summed E-state index contributed by atoms with van der Waals surface area (Å²) in [5.74, 6) is 0.422. The van der Waals surface area contributed by atoms with E-state index in [2.05, 4.69) is 4.98 Å². The van der Waals surface area contributed by atoms with Crippen LogP contribution in [0.15, 0.2) is 30.5 Å². The van der Waals surface area contributed by atoms with E-state index in [0.29, 0.717) is 5.75 Å². The number of benzene rings is 1. The van der Waals surface area contributed by atoms with E-state index in [1.165, 1.54) is 14.2 Å². The number of hydrogen-bond donors (Lipinski definition) is 0. The average molecular weight is 267 g/mol. The van der Waals surface area contributed by atoms with E-state index in [4.69, 9.17) is 13.6 Å². The summed E-state index contributed by atoms with van der Waals surface area (Å²) in [6.07, 6.45) is 1.74. The van der Waals surface area contributed by atoms with Gasteiger partial charge in [-0.05, 0) is 36.8 Å². The highest BCUT2D eigenvalue weighted by Gasteiger charge is 2.24. The molecule has 0 saturated heterocycles. The van der Waals surface area contributed by atoms with Crippen LogP contribution in [0.25, 0.3) is 10.9 Å². The molecule has 2 rings (SSSR count). The van der Waals surface area contributed by atoms with Crippen LogP contribution in [0.3, 0.4) is 0 Å². The molecule has 0 atom stereocenters. The van der Waals surface area contributed by atoms with E-state index in [1.54, 1.807) is 24.4 Å². The third-order valence-corrected chi connectivity index (χ3v) is 3.92. The van der Waals surface area contributed by atoms with E-state index in [-0.39, 0.29) is 0 Å². The summed E-state index contributed by atoms with van der Waals surface area (Å²) in [5.41, 5.74) is 1.92. The summed E-state index contributed by atoms with van der Waals surface area (Å²) in [6, 6.07) is 7.15. The highest BCUT2D eigenvalue weighted by molar-refractivity contribution is 7.48. The molecule has 0 bridgehead atoms. The Balaban J connectivity index is 2.42. The lowest BCUT2D eigenvalue weighted by Crippen LogP contribution is -1.97. The van der Waals surface area contributed by atoms with Crippen LogP contribution in [0.5, 0.6) is 5.75 Å². The van der Waals surface area contributed by atoms with Gasteiger partial charge in [-0.1, -0.05) is 0 Å². The van der Waals surface area contributed by atoms with Gasteiger partial charge in [0.15, 0.2) is 0 Å². The number of fused-ring (bicyclic) bond motifs is 1. The van der Waals surface area contributed by atoms with Gasteiger partial charge in [-0.15, -0.1) is 0 Å². The van der Waals surface area contributed by atoms with Crippen molar-refractivity contribution in [2.45, 2.75) is 6.92 Å². The second-order valence-corrected chi connectivity index (χ2v) is 5.52. The summed E-state index contributed by atoms with van der Waals surface area (Å²) >= 11 is 0. The molecule has 0 unspecified atom stereocenters. The number of phosphoric ester groups is 1. The SMILES string of the molecule is COP(=O)(OC)Oc1ccc2nccc(C)c2c1. The zero-order valence-electron chi connectivity index (χ0n) is 10.4. The fourth-order valence-corrected chi connectivity index (χ4v) is 2.27. The molecule has 0 aliphatic rings. The molecule has 0 spiro atoms. The summed E-state index contributed by atoms with van der Waals surface area (Å²) < 4.78 is 26.6. The van der Waals surface area contributed by atoms with Gasteiger partial charge < -0.3 is 4.52 Å². The fourth-order valence-electron chi connectivity index (χ4n) is 1.60. The highest BCUT2D eigenvalue weighted by atomic mass is 31.2. The molecule has 5 nitrogen and oxygen atoms in total. The molecule has 1 aromatic heterocycles. The molecule has 0 aliphatic heterocycles. The molecular formula is C12H14NO4P. The van der Waals surface area contributed by atoms with Crippen molar-refractivity contribution in [2.75, 3.05) is 14.2 Å². The van der Waals surface area contributed by atoms with Crippen molar-refractivity contribution in [3.8, 4) is 5.75 Å². The maximum Gasteiger partial charge on any atom is 0.529 e. The third kappa shape index (κ3) is 2.53. The largest absolute Gasteiger partial charge is 0.529 e. The van der Waals surface area contributed by atoms with Crippen LogP contribution in [0.2, 0.25) is 0 Å². The second kappa shape index (κ2) is 5.06. The predicted molar refractivity (Wildman–Crippen MR) is 68.7 cm³/mol. The van der Waals surface area contributed by atoms with E-state index >= 15 is 0 Å². The van der Waals surface area contributed by atoms with Gasteiger partial charge in [-0.25, -0.2) is 4.57 Å². The van der Waals surface area contributed by atoms with Crippen molar-refractivity contribution in [2.24, 2.45) is 0 Å². The molecule has 96 valence electrons. The van der Waals surface area contributed by atoms with Gasteiger partial charge in [-0.2, -0.15) is 0 Å². The Morgan fingerprint density at radius 3 is 2.56 bits per heavy atom. The molecule has 6 heteroatoms. The van der Waals surface area contributed by atoms with Gasteiger partial charge in [0.25, 0.3) is 0 Å². The Hall–Kier alpha value is -1.42. The van der Waals surface area contributed by atoms with Gasteiger partial charge in [0.05, 0.1) is 5.52 Å². The number of nitrogens with zero attached hydrogens (tertiary/aromatic N) is 1. The van der Waals surface area contributed by atoms with Gasteiger partial charge in [0.1, 0.15) is 5.75 Å². The third-order valence-electron chi connectivity index (χ3n) is 2.60. The number of pyridine rings is 1. The van der Waals surface area contributed by atoms with Crippen LogP contribution in [-0.2, 0) is 13.6 Å². The van der Waals surface area contributed by atoms with Gasteiger partial charge >= 0.3 is 7.82 Å². The summed E-state index contributed by atoms with van der Waals surface area (Å²) in [6.45, 7) is 1.97. The average Bonchev–Trinajstić information content (AvgIpc) is 2.39. The van der Waals surface area contributed by atoms with Crippen molar-refractivity contribution in [3.05, 3.63) is 36.0 Å². The number of hydrogen-bond acceptors (Lipinski definition) is 5. The molecule has 1 aromatic carbocycles. The maximum absolute atomic E-state index is 11.9. The zero-order valence-corrected chi connectivity index (χ0v) is 11.3. The standard InChI is InChI=1S/C12H14NO4P/c1-9-6-7-13-12-5-4-10(8-11(9)12)17-18(14,15-2)16-3/h4-8H,1-3H3. The molecule has 0 amide bonds. The number of aromatic nitrogens is 1. The van der Waals surface area contributed by atoms with E-state index < -0.39 is 7.82 Å². The summed E-state index contributed by atoms with van der Waals surface area (Å²) in [7, 11) is -0.965. The molecule has 0 aliphatic carbocycles. The van der Waals surface area contributed by atoms with Crippen LogP contribution in [-0.4, -0.2) is 19.2 Å². The number of aryl methyl sites for hydroxylation is 1. The van der Waals surface area contributed by atoms with Crippen molar-refractivity contribution in [1.29, 1.82) is 0 Å². The van der Waals surface area contributed by atoms with E-state index in [1.807, 2.05) is 13.0 Å². The first-order valence-corrected chi connectivity index (χ1v) is 6.80. The molecular weight excluding hydrogens is 253 g/mol. The molecule has 0 N–H and O–H groups in total. The van der Waals surface area contributed by atoms with E-state index in [9.17, 15) is 4.57 Å². The first-order chi connectivity index (χ1) is 8.58. The van der Waals surface area contributed by atoms with Gasteiger partial charge in [0, 0.05) is 25.8 Å². The van der Waals surface area contributed by atoms with Gasteiger partial charge in [-0.3, -0.25) is 14.0 Å². The fraction of sp³-hybridized carbons (Fsp3) is 0.250. The lowest BCUT2D eigenvalue weighted by atomic mass is 10.1. The second-order valence-electron chi connectivity index (χ2n) is 3.71. The van der Waals surface area contributed by atoms with Crippen LogP contribution < -0.4 is 4.52 Å². The normalized spacial score (nSPS) is 11.7. The number of phosphoric acid groups is 1. The first kappa shape index (κ1) is 13.0. The Morgan fingerprint density at radius 1 is 1.17 bits per heavy atom. The zero-order chi connectivity index (χ0) is 13.2. The maximum atomic E-state index is 11.9. The molecule has 1 heterocycles. The van der Waals surface area contributed by atoms with Crippen LogP contribution in [0.1, 0.15) is 5.56 Å². The molecule has 2 aromatic rings. The molecule has 0 fully saturated rings. The summed E-state index contributed by atoms with van der Waals surface area (Å²) in [5, 5.41) is 0.939. The minimum atomic E-state index is -3.52. The smallest absolute Gasteiger partial charge is 0.404 e. The Kier molecular flexibility index (Phi) is 3.66. The first-order valence-electron chi connectivity index (χ1n) is 5.34. The molecule has 0 radical (unpaired) electrons. The lowest BCUT2D eigenvalue weighted by Gasteiger charge is -2.14. The summed E-state index contributed by atoms with van der Waals surface area (Å²) in [4.78, 5) is 4.23. The van der Waals surface area contributed by atoms with Crippen LogP contribution in [0, 0.1) is 6.92 Å². The van der Waals surface area contributed by atoms with Crippen molar-refractivity contribution in [3.63, 3.8) is 0 Å². The van der Waals surface area contributed by atoms with Gasteiger partial charge in [0.2, 0.25) is 0 Å². The Morgan fingerprint density at radius 2 is 1.89 bits per heavy atom. The monoisotopic (exact) mass is 267 g/mol. The molecule has 0 saturated carbocycles. The van der Waals surface area contributed by atoms with Crippen molar-refractivity contribution >= 4 is 18.7 Å². The van der Waals surface area contributed by atoms with Crippen molar-refractivity contribution < 1.29 is 18.1 Å². The van der Waals surface area contributed by atoms with E-state index in [0.717, 1.165) is 16.5 Å². The quantitative estimate of drug-likeness (QED) is 0.795. The minimum Gasteiger partial charge on any atom is -0.404 e. The Bertz CT molecular complexity index is 606. The Labute approximate surface area is 105 Å². The van der Waals surface area contributed by atoms with Crippen LogP contribution in [0.4, 0.5) is 0 Å². The predicted octanol–water partition coefficient (Wildman–Crippen LogP) is 3.32. The van der Waals surface area contributed by atoms with Crippen LogP contribution >= 0.6 is 7.82 Å².